The van der Waals surface area contributed by atoms with Crippen LogP contribution in [0.4, 0.5) is 10.5 Å². The number of urea groups is 1. The van der Waals surface area contributed by atoms with E-state index >= 15 is 0 Å². The zero-order valence-corrected chi connectivity index (χ0v) is 20.1. The molecule has 3 rings (SSSR count). The minimum Gasteiger partial charge on any atom is -0.463 e. The Labute approximate surface area is 203 Å². The lowest BCUT2D eigenvalue weighted by Gasteiger charge is -2.29. The Morgan fingerprint density at radius 3 is 2.34 bits per heavy atom. The van der Waals surface area contributed by atoms with E-state index in [0.29, 0.717) is 11.3 Å². The molecule has 0 fully saturated rings. The molecule has 0 bridgehead atoms. The van der Waals surface area contributed by atoms with E-state index in [1.165, 1.54) is 6.07 Å². The molecule has 1 aliphatic rings. The summed E-state index contributed by atoms with van der Waals surface area (Å²) in [6.45, 7) is 6.80. The van der Waals surface area contributed by atoms with Gasteiger partial charge in [0.15, 0.2) is 0 Å². The third-order valence-corrected chi connectivity index (χ3v) is 5.17. The zero-order chi connectivity index (χ0) is 25.6. The Hall–Kier alpha value is -4.14. The van der Waals surface area contributed by atoms with Gasteiger partial charge in [-0.3, -0.25) is 4.79 Å². The molecule has 0 radical (unpaired) electrons. The van der Waals surface area contributed by atoms with Crippen molar-refractivity contribution in [2.45, 2.75) is 33.7 Å². The summed E-state index contributed by atoms with van der Waals surface area (Å²) in [7, 11) is 0. The number of hydrogen-bond donors (Lipinski definition) is 3. The summed E-state index contributed by atoms with van der Waals surface area (Å²) in [5.74, 6) is -1.51. The fourth-order valence-corrected chi connectivity index (χ4v) is 3.34. The molecule has 0 saturated carbocycles. The SMILES string of the molecule is CCOC(=O)C1=C(COC(=O)c2cccc(NC(=O)C(C)(C)C)c2)NC(=O)NC1c1ccccc1. The standard InChI is InChI=1S/C26H29N3O6/c1-5-34-23(31)20-19(28-25(33)29-21(20)16-10-7-6-8-11-16)15-35-22(30)17-12-9-13-18(14-17)27-24(32)26(2,3)4/h6-14,21H,5,15H2,1-4H3,(H,27,32)(H2,28,29,33). The van der Waals surface area contributed by atoms with Gasteiger partial charge < -0.3 is 25.4 Å². The fraction of sp³-hybridized carbons (Fsp3) is 0.308. The molecule has 3 amide bonds. The van der Waals surface area contributed by atoms with Crippen LogP contribution in [0.5, 0.6) is 0 Å². The number of rotatable bonds is 7. The lowest BCUT2D eigenvalue weighted by molar-refractivity contribution is -0.139. The highest BCUT2D eigenvalue weighted by atomic mass is 16.5. The average molecular weight is 480 g/mol. The molecule has 0 spiro atoms. The normalized spacial score (nSPS) is 15.5. The fourth-order valence-electron chi connectivity index (χ4n) is 3.34. The van der Waals surface area contributed by atoms with Gasteiger partial charge in [-0.1, -0.05) is 57.2 Å². The summed E-state index contributed by atoms with van der Waals surface area (Å²) in [5, 5.41) is 8.05. The molecule has 1 unspecified atom stereocenters. The number of carbonyl (C=O) groups excluding carboxylic acids is 4. The molecular formula is C26H29N3O6. The van der Waals surface area contributed by atoms with Gasteiger partial charge in [0.25, 0.3) is 0 Å². The van der Waals surface area contributed by atoms with E-state index in [9.17, 15) is 19.2 Å². The summed E-state index contributed by atoms with van der Waals surface area (Å²) in [6.07, 6.45) is 0. The van der Waals surface area contributed by atoms with E-state index in [2.05, 4.69) is 16.0 Å². The third-order valence-electron chi connectivity index (χ3n) is 5.17. The van der Waals surface area contributed by atoms with Crippen LogP contribution in [0.15, 0.2) is 65.9 Å². The molecule has 3 N–H and O–H groups in total. The highest BCUT2D eigenvalue weighted by Gasteiger charge is 2.34. The van der Waals surface area contributed by atoms with Crippen LogP contribution in [-0.4, -0.2) is 37.1 Å². The topological polar surface area (TPSA) is 123 Å². The van der Waals surface area contributed by atoms with E-state index in [4.69, 9.17) is 9.47 Å². The van der Waals surface area contributed by atoms with Crippen LogP contribution in [0.25, 0.3) is 0 Å². The number of carbonyl (C=O) groups is 4. The number of amides is 3. The number of benzene rings is 2. The van der Waals surface area contributed by atoms with Crippen molar-refractivity contribution in [1.82, 2.24) is 10.6 Å². The minimum atomic E-state index is -0.770. The molecule has 0 aromatic heterocycles. The van der Waals surface area contributed by atoms with Gasteiger partial charge in [0.2, 0.25) is 5.91 Å². The van der Waals surface area contributed by atoms with Crippen LogP contribution < -0.4 is 16.0 Å². The molecule has 0 saturated heterocycles. The second kappa shape index (κ2) is 10.9. The average Bonchev–Trinajstić information content (AvgIpc) is 2.82. The Kier molecular flexibility index (Phi) is 7.91. The Bertz CT molecular complexity index is 1150. The first-order valence-corrected chi connectivity index (χ1v) is 11.2. The van der Waals surface area contributed by atoms with Gasteiger partial charge in [-0.2, -0.15) is 0 Å². The first-order chi connectivity index (χ1) is 16.6. The van der Waals surface area contributed by atoms with Gasteiger partial charge in [-0.25, -0.2) is 14.4 Å². The van der Waals surface area contributed by atoms with Crippen LogP contribution >= 0.6 is 0 Å². The quantitative estimate of drug-likeness (QED) is 0.521. The second-order valence-electron chi connectivity index (χ2n) is 8.92. The van der Waals surface area contributed by atoms with Crippen molar-refractivity contribution in [1.29, 1.82) is 0 Å². The molecule has 35 heavy (non-hydrogen) atoms. The predicted molar refractivity (Wildman–Crippen MR) is 129 cm³/mol. The summed E-state index contributed by atoms with van der Waals surface area (Å²) in [6, 6.07) is 14.0. The molecule has 1 aliphatic heterocycles. The highest BCUT2D eigenvalue weighted by molar-refractivity contribution is 5.97. The Balaban J connectivity index is 1.83. The van der Waals surface area contributed by atoms with E-state index < -0.39 is 29.4 Å². The Morgan fingerprint density at radius 2 is 1.69 bits per heavy atom. The van der Waals surface area contributed by atoms with Crippen LogP contribution in [0.2, 0.25) is 0 Å². The zero-order valence-electron chi connectivity index (χ0n) is 20.1. The molecule has 9 nitrogen and oxygen atoms in total. The van der Waals surface area contributed by atoms with Crippen molar-refractivity contribution < 1.29 is 28.7 Å². The molecule has 0 aliphatic carbocycles. The van der Waals surface area contributed by atoms with E-state index in [1.807, 2.05) is 6.07 Å². The van der Waals surface area contributed by atoms with Gasteiger partial charge in [-0.15, -0.1) is 0 Å². The van der Waals surface area contributed by atoms with Gasteiger partial charge in [-0.05, 0) is 30.7 Å². The smallest absolute Gasteiger partial charge is 0.338 e. The molecule has 2 aromatic rings. The molecule has 1 heterocycles. The molecule has 9 heteroatoms. The molecular weight excluding hydrogens is 450 g/mol. The van der Waals surface area contributed by atoms with Crippen molar-refractivity contribution in [2.75, 3.05) is 18.5 Å². The lowest BCUT2D eigenvalue weighted by Crippen LogP contribution is -2.47. The minimum absolute atomic E-state index is 0.131. The van der Waals surface area contributed by atoms with E-state index in [1.54, 1.807) is 70.2 Å². The van der Waals surface area contributed by atoms with E-state index in [0.717, 1.165) is 0 Å². The first-order valence-electron chi connectivity index (χ1n) is 11.2. The van der Waals surface area contributed by atoms with Crippen LogP contribution in [0, 0.1) is 5.41 Å². The number of hydrogen-bond acceptors (Lipinski definition) is 6. The number of nitrogens with one attached hydrogen (secondary N) is 3. The maximum absolute atomic E-state index is 12.8. The third kappa shape index (κ3) is 6.47. The summed E-state index contributed by atoms with van der Waals surface area (Å²) >= 11 is 0. The Morgan fingerprint density at radius 1 is 0.971 bits per heavy atom. The van der Waals surface area contributed by atoms with E-state index in [-0.39, 0.29) is 36.0 Å². The van der Waals surface area contributed by atoms with Gasteiger partial charge in [0.1, 0.15) is 6.61 Å². The van der Waals surface area contributed by atoms with Crippen molar-refractivity contribution in [3.63, 3.8) is 0 Å². The predicted octanol–water partition coefficient (Wildman–Crippen LogP) is 3.70. The molecule has 184 valence electrons. The second-order valence-corrected chi connectivity index (χ2v) is 8.92. The maximum Gasteiger partial charge on any atom is 0.338 e. The number of ether oxygens (including phenoxy) is 2. The molecule has 2 aromatic carbocycles. The van der Waals surface area contributed by atoms with Crippen molar-refractivity contribution >= 4 is 29.6 Å². The van der Waals surface area contributed by atoms with Crippen molar-refractivity contribution in [3.05, 3.63) is 77.0 Å². The van der Waals surface area contributed by atoms with Crippen LogP contribution in [-0.2, 0) is 19.1 Å². The van der Waals surface area contributed by atoms with Crippen LogP contribution in [0.1, 0.15) is 49.7 Å². The lowest BCUT2D eigenvalue weighted by atomic mass is 9.95. The summed E-state index contributed by atoms with van der Waals surface area (Å²) in [4.78, 5) is 50.1. The van der Waals surface area contributed by atoms with Gasteiger partial charge in [0, 0.05) is 11.1 Å². The van der Waals surface area contributed by atoms with Gasteiger partial charge in [0.05, 0.1) is 29.5 Å². The maximum atomic E-state index is 12.8. The monoisotopic (exact) mass is 479 g/mol. The summed E-state index contributed by atoms with van der Waals surface area (Å²) < 4.78 is 10.6. The largest absolute Gasteiger partial charge is 0.463 e. The van der Waals surface area contributed by atoms with Gasteiger partial charge >= 0.3 is 18.0 Å². The molecule has 1 atom stereocenters. The first kappa shape index (κ1) is 25.5. The van der Waals surface area contributed by atoms with Crippen molar-refractivity contribution in [3.8, 4) is 0 Å². The van der Waals surface area contributed by atoms with Crippen molar-refractivity contribution in [2.24, 2.45) is 5.41 Å². The van der Waals surface area contributed by atoms with Crippen LogP contribution in [0.3, 0.4) is 0 Å². The number of esters is 2. The number of anilines is 1. The summed E-state index contributed by atoms with van der Waals surface area (Å²) in [5.41, 5.74) is 1.01. The highest BCUT2D eigenvalue weighted by Crippen LogP contribution is 2.28.